The lowest BCUT2D eigenvalue weighted by Gasteiger charge is -2.30. The quantitative estimate of drug-likeness (QED) is 0.905. The molecule has 1 N–H and O–H groups in total. The van der Waals surface area contributed by atoms with Gasteiger partial charge in [0.25, 0.3) is 0 Å². The highest BCUT2D eigenvalue weighted by atomic mass is 32.2. The van der Waals surface area contributed by atoms with Crippen LogP contribution < -0.4 is 0 Å². The van der Waals surface area contributed by atoms with Crippen molar-refractivity contribution < 1.29 is 17.9 Å². The van der Waals surface area contributed by atoms with Crippen molar-refractivity contribution in [2.75, 3.05) is 13.6 Å². The number of aliphatic hydroxyl groups is 1. The van der Waals surface area contributed by atoms with Gasteiger partial charge in [0.15, 0.2) is 0 Å². The number of halogens is 1. The van der Waals surface area contributed by atoms with Crippen molar-refractivity contribution in [3.63, 3.8) is 0 Å². The average Bonchev–Trinajstić information content (AvgIpc) is 2.36. The van der Waals surface area contributed by atoms with Crippen LogP contribution in [0.15, 0.2) is 17.0 Å². The van der Waals surface area contributed by atoms with Crippen LogP contribution in [0.25, 0.3) is 0 Å². The topological polar surface area (TPSA) is 57.6 Å². The molecule has 0 unspecified atom stereocenters. The molecule has 6 heteroatoms. The Morgan fingerprint density at radius 1 is 1.40 bits per heavy atom. The molecule has 0 aliphatic heterocycles. The second kappa shape index (κ2) is 5.79. The summed E-state index contributed by atoms with van der Waals surface area (Å²) in [5.41, 5.74) is 0.367. The molecule has 1 fully saturated rings. The summed E-state index contributed by atoms with van der Waals surface area (Å²) in [7, 11) is -2.19. The summed E-state index contributed by atoms with van der Waals surface area (Å²) in [4.78, 5) is -0.0524. The van der Waals surface area contributed by atoms with Crippen molar-refractivity contribution in [3.05, 3.63) is 29.1 Å². The SMILES string of the molecule is Cc1c(F)cc(CO)cc1S(=O)(=O)N(C)CC1CCC1. The predicted octanol–water partition coefficient (Wildman–Crippen LogP) is 2.05. The van der Waals surface area contributed by atoms with Crippen LogP contribution in [0.1, 0.15) is 30.4 Å². The van der Waals surface area contributed by atoms with Gasteiger partial charge < -0.3 is 5.11 Å². The van der Waals surface area contributed by atoms with E-state index in [1.54, 1.807) is 0 Å². The fourth-order valence-electron chi connectivity index (χ4n) is 2.37. The number of aliphatic hydroxyl groups excluding tert-OH is 1. The molecule has 20 heavy (non-hydrogen) atoms. The van der Waals surface area contributed by atoms with Gasteiger partial charge in [0.05, 0.1) is 11.5 Å². The monoisotopic (exact) mass is 301 g/mol. The minimum absolute atomic E-state index is 0.0524. The first-order valence-electron chi connectivity index (χ1n) is 6.72. The van der Waals surface area contributed by atoms with Crippen molar-refractivity contribution in [2.45, 2.75) is 37.7 Å². The van der Waals surface area contributed by atoms with Gasteiger partial charge in [-0.15, -0.1) is 0 Å². The Labute approximate surface area is 119 Å². The summed E-state index contributed by atoms with van der Waals surface area (Å²) in [6.45, 7) is 1.53. The molecule has 1 aromatic rings. The third-order valence-corrected chi connectivity index (χ3v) is 5.92. The van der Waals surface area contributed by atoms with Crippen LogP contribution >= 0.6 is 0 Å². The van der Waals surface area contributed by atoms with E-state index < -0.39 is 15.8 Å². The van der Waals surface area contributed by atoms with Crippen molar-refractivity contribution >= 4 is 10.0 Å². The molecule has 0 atom stereocenters. The lowest BCUT2D eigenvalue weighted by molar-refractivity contribution is 0.262. The molecule has 1 aliphatic carbocycles. The second-order valence-corrected chi connectivity index (χ2v) is 7.45. The maximum Gasteiger partial charge on any atom is 0.243 e. The standard InChI is InChI=1S/C14H20FNO3S/c1-10-13(15)6-12(9-17)7-14(10)20(18,19)16(2)8-11-4-3-5-11/h6-7,11,17H,3-5,8-9H2,1-2H3. The Kier molecular flexibility index (Phi) is 4.46. The van der Waals surface area contributed by atoms with E-state index in [9.17, 15) is 12.8 Å². The zero-order valence-corrected chi connectivity index (χ0v) is 12.6. The van der Waals surface area contributed by atoms with E-state index >= 15 is 0 Å². The molecule has 4 nitrogen and oxygen atoms in total. The molecule has 1 aliphatic rings. The minimum Gasteiger partial charge on any atom is -0.392 e. The summed E-state index contributed by atoms with van der Waals surface area (Å²) in [6, 6.07) is 2.52. The highest BCUT2D eigenvalue weighted by Crippen LogP contribution is 2.29. The number of nitrogens with zero attached hydrogens (tertiary/aromatic N) is 1. The minimum atomic E-state index is -3.71. The van der Waals surface area contributed by atoms with Gasteiger partial charge in [-0.2, -0.15) is 0 Å². The Hall–Kier alpha value is -0.980. The predicted molar refractivity (Wildman–Crippen MR) is 74.2 cm³/mol. The maximum absolute atomic E-state index is 13.8. The molecule has 0 bridgehead atoms. The van der Waals surface area contributed by atoms with Gasteiger partial charge in [-0.25, -0.2) is 17.1 Å². The summed E-state index contributed by atoms with van der Waals surface area (Å²) in [5, 5.41) is 9.10. The van der Waals surface area contributed by atoms with Crippen LogP contribution in [-0.2, 0) is 16.6 Å². The zero-order valence-electron chi connectivity index (χ0n) is 11.8. The molecule has 112 valence electrons. The molecule has 0 heterocycles. The highest BCUT2D eigenvalue weighted by Gasteiger charge is 2.28. The molecular formula is C14H20FNO3S. The van der Waals surface area contributed by atoms with Gasteiger partial charge >= 0.3 is 0 Å². The van der Waals surface area contributed by atoms with Gasteiger partial charge in [-0.3, -0.25) is 0 Å². The third-order valence-electron chi connectivity index (χ3n) is 3.97. The number of rotatable bonds is 5. The van der Waals surface area contributed by atoms with E-state index in [2.05, 4.69) is 0 Å². The first-order valence-corrected chi connectivity index (χ1v) is 8.16. The largest absolute Gasteiger partial charge is 0.392 e. The molecule has 2 rings (SSSR count). The molecule has 0 saturated heterocycles. The number of benzene rings is 1. The normalized spacial score (nSPS) is 16.4. The van der Waals surface area contributed by atoms with Crippen molar-refractivity contribution in [1.29, 1.82) is 0 Å². The zero-order chi connectivity index (χ0) is 14.9. The fourth-order valence-corrected chi connectivity index (χ4v) is 3.90. The average molecular weight is 301 g/mol. The van der Waals surface area contributed by atoms with Crippen LogP contribution in [0.4, 0.5) is 4.39 Å². The van der Waals surface area contributed by atoms with Gasteiger partial charge in [0.1, 0.15) is 5.82 Å². The van der Waals surface area contributed by atoms with E-state index in [0.717, 1.165) is 19.3 Å². The summed E-state index contributed by atoms with van der Waals surface area (Å²) in [5.74, 6) is -0.201. The van der Waals surface area contributed by atoms with Crippen LogP contribution in [0.3, 0.4) is 0 Å². The summed E-state index contributed by atoms with van der Waals surface area (Å²) in [6.07, 6.45) is 3.24. The van der Waals surface area contributed by atoms with Gasteiger partial charge in [-0.05, 0) is 43.4 Å². The molecule has 0 radical (unpaired) electrons. The van der Waals surface area contributed by atoms with Gasteiger partial charge in [-0.1, -0.05) is 6.42 Å². The molecule has 1 saturated carbocycles. The van der Waals surface area contributed by atoms with Crippen molar-refractivity contribution in [2.24, 2.45) is 5.92 Å². The first kappa shape index (κ1) is 15.4. The first-order chi connectivity index (χ1) is 9.36. The van der Waals surface area contributed by atoms with Crippen molar-refractivity contribution in [3.8, 4) is 0 Å². The number of hydrogen-bond acceptors (Lipinski definition) is 3. The number of sulfonamides is 1. The fraction of sp³-hybridized carbons (Fsp3) is 0.571. The Bertz CT molecular complexity index is 597. The lowest BCUT2D eigenvalue weighted by atomic mass is 9.86. The summed E-state index contributed by atoms with van der Waals surface area (Å²) < 4.78 is 40.1. The maximum atomic E-state index is 13.8. The third kappa shape index (κ3) is 2.87. The van der Waals surface area contributed by atoms with Gasteiger partial charge in [0.2, 0.25) is 10.0 Å². The van der Waals surface area contributed by atoms with Crippen molar-refractivity contribution in [1.82, 2.24) is 4.31 Å². The Balaban J connectivity index is 2.34. The van der Waals surface area contributed by atoms with E-state index in [-0.39, 0.29) is 22.6 Å². The van der Waals surface area contributed by atoms with Gasteiger partial charge in [0, 0.05) is 19.2 Å². The van der Waals surface area contributed by atoms with E-state index in [4.69, 9.17) is 5.11 Å². The van der Waals surface area contributed by atoms with Crippen LogP contribution in [-0.4, -0.2) is 31.4 Å². The van der Waals surface area contributed by atoms with E-state index in [1.165, 1.54) is 30.4 Å². The summed E-state index contributed by atoms with van der Waals surface area (Å²) >= 11 is 0. The molecule has 0 amide bonds. The second-order valence-electron chi connectivity index (χ2n) is 5.44. The Morgan fingerprint density at radius 3 is 2.55 bits per heavy atom. The smallest absolute Gasteiger partial charge is 0.243 e. The Morgan fingerprint density at radius 2 is 2.05 bits per heavy atom. The molecular weight excluding hydrogens is 281 g/mol. The highest BCUT2D eigenvalue weighted by molar-refractivity contribution is 7.89. The van der Waals surface area contributed by atoms with Crippen LogP contribution in [0, 0.1) is 18.7 Å². The molecule has 0 aromatic heterocycles. The van der Waals surface area contributed by atoms with Crippen LogP contribution in [0.2, 0.25) is 0 Å². The van der Waals surface area contributed by atoms with Crippen LogP contribution in [0.5, 0.6) is 0 Å². The molecule has 0 spiro atoms. The lowest BCUT2D eigenvalue weighted by Crippen LogP contribution is -2.34. The van der Waals surface area contributed by atoms with E-state index in [0.29, 0.717) is 12.5 Å². The number of hydrogen-bond donors (Lipinski definition) is 1. The van der Waals surface area contributed by atoms with E-state index in [1.807, 2.05) is 0 Å². The molecule has 1 aromatic carbocycles.